The minimum atomic E-state index is -0.372. The molecule has 1 N–H and O–H groups in total. The minimum Gasteiger partial charge on any atom is -0.453 e. The number of β-amino-alcohol motifs (C(OH)–C–C–N with tert-alkyl or cyclic N) is 1. The molecule has 1 atom stereocenters. The second kappa shape index (κ2) is 3.57. The molecule has 4 heteroatoms. The van der Waals surface area contributed by atoms with Gasteiger partial charge in [0.05, 0.1) is 13.2 Å². The van der Waals surface area contributed by atoms with Crippen molar-refractivity contribution < 1.29 is 14.6 Å². The Bertz CT molecular complexity index is 149. The smallest absolute Gasteiger partial charge is 0.409 e. The molecular formula is C7H13NO3. The van der Waals surface area contributed by atoms with Gasteiger partial charge in [0, 0.05) is 13.1 Å². The Kier molecular flexibility index (Phi) is 2.70. The number of nitrogens with zero attached hydrogens (tertiary/aromatic N) is 1. The molecule has 0 aromatic rings. The summed E-state index contributed by atoms with van der Waals surface area (Å²) in [5, 5.41) is 9.17. The van der Waals surface area contributed by atoms with Gasteiger partial charge in [-0.05, 0) is 12.8 Å². The first-order valence-electron chi connectivity index (χ1n) is 3.75. The molecule has 0 aromatic carbocycles. The van der Waals surface area contributed by atoms with Crippen molar-refractivity contribution in [2.75, 3.05) is 20.2 Å². The molecule has 0 bridgehead atoms. The molecule has 1 rings (SSSR count). The van der Waals surface area contributed by atoms with E-state index in [4.69, 9.17) is 0 Å². The van der Waals surface area contributed by atoms with Gasteiger partial charge in [0.25, 0.3) is 0 Å². The number of piperidine rings is 1. The van der Waals surface area contributed by atoms with Gasteiger partial charge in [-0.15, -0.1) is 0 Å². The van der Waals surface area contributed by atoms with Gasteiger partial charge in [-0.2, -0.15) is 0 Å². The molecule has 11 heavy (non-hydrogen) atoms. The number of methoxy groups -OCH3 is 1. The topological polar surface area (TPSA) is 49.8 Å². The van der Waals surface area contributed by atoms with Gasteiger partial charge in [0.2, 0.25) is 0 Å². The van der Waals surface area contributed by atoms with Crippen LogP contribution >= 0.6 is 0 Å². The van der Waals surface area contributed by atoms with E-state index in [1.165, 1.54) is 12.0 Å². The van der Waals surface area contributed by atoms with Crippen molar-refractivity contribution in [2.45, 2.75) is 18.9 Å². The second-order valence-electron chi connectivity index (χ2n) is 2.71. The Labute approximate surface area is 65.8 Å². The highest BCUT2D eigenvalue weighted by Gasteiger charge is 2.21. The highest BCUT2D eigenvalue weighted by Crippen LogP contribution is 2.10. The molecule has 0 unspecified atom stereocenters. The molecule has 1 heterocycles. The maximum atomic E-state index is 10.9. The van der Waals surface area contributed by atoms with Crippen molar-refractivity contribution in [3.8, 4) is 0 Å². The van der Waals surface area contributed by atoms with Crippen molar-refractivity contribution in [2.24, 2.45) is 0 Å². The molecule has 64 valence electrons. The highest BCUT2D eigenvalue weighted by molar-refractivity contribution is 5.67. The molecule has 0 saturated carbocycles. The summed E-state index contributed by atoms with van der Waals surface area (Å²) in [5.41, 5.74) is 0. The van der Waals surface area contributed by atoms with Crippen LogP contribution in [0, 0.1) is 0 Å². The van der Waals surface area contributed by atoms with Crippen LogP contribution < -0.4 is 0 Å². The number of ether oxygens (including phenoxy) is 1. The van der Waals surface area contributed by atoms with E-state index in [9.17, 15) is 9.90 Å². The highest BCUT2D eigenvalue weighted by atomic mass is 16.5. The third kappa shape index (κ3) is 2.08. The van der Waals surface area contributed by atoms with Crippen molar-refractivity contribution in [1.82, 2.24) is 4.90 Å². The fourth-order valence-electron chi connectivity index (χ4n) is 1.25. The van der Waals surface area contributed by atoms with E-state index in [2.05, 4.69) is 4.74 Å². The van der Waals surface area contributed by atoms with Gasteiger partial charge in [-0.3, -0.25) is 0 Å². The molecule has 1 aliphatic rings. The zero-order valence-corrected chi connectivity index (χ0v) is 6.62. The zero-order valence-electron chi connectivity index (χ0n) is 6.62. The predicted molar refractivity (Wildman–Crippen MR) is 39.2 cm³/mol. The van der Waals surface area contributed by atoms with Crippen LogP contribution in [0.25, 0.3) is 0 Å². The van der Waals surface area contributed by atoms with Crippen molar-refractivity contribution in [3.63, 3.8) is 0 Å². The van der Waals surface area contributed by atoms with E-state index in [-0.39, 0.29) is 12.2 Å². The molecule has 4 nitrogen and oxygen atoms in total. The largest absolute Gasteiger partial charge is 0.453 e. The van der Waals surface area contributed by atoms with E-state index in [1.807, 2.05) is 0 Å². The first kappa shape index (κ1) is 8.33. The molecule has 1 saturated heterocycles. The Morgan fingerprint density at radius 1 is 1.73 bits per heavy atom. The fourth-order valence-corrected chi connectivity index (χ4v) is 1.25. The Balaban J connectivity index is 2.39. The van der Waals surface area contributed by atoms with Crippen molar-refractivity contribution in [3.05, 3.63) is 0 Å². The summed E-state index contributed by atoms with van der Waals surface area (Å²) in [7, 11) is 1.35. The number of aliphatic hydroxyl groups excluding tert-OH is 1. The zero-order chi connectivity index (χ0) is 8.27. The van der Waals surface area contributed by atoms with E-state index in [1.54, 1.807) is 0 Å². The lowest BCUT2D eigenvalue weighted by atomic mass is 10.1. The number of carbonyl (C=O) groups is 1. The second-order valence-corrected chi connectivity index (χ2v) is 2.71. The van der Waals surface area contributed by atoms with Crippen LogP contribution in [-0.4, -0.2) is 42.4 Å². The molecule has 0 radical (unpaired) electrons. The van der Waals surface area contributed by atoms with Gasteiger partial charge < -0.3 is 14.7 Å². The molecule has 1 fully saturated rings. The maximum Gasteiger partial charge on any atom is 0.409 e. The lowest BCUT2D eigenvalue weighted by molar-refractivity contribution is 0.0580. The lowest BCUT2D eigenvalue weighted by Gasteiger charge is -2.28. The summed E-state index contributed by atoms with van der Waals surface area (Å²) in [6, 6.07) is 0. The third-order valence-electron chi connectivity index (χ3n) is 1.83. The van der Waals surface area contributed by atoms with E-state index < -0.39 is 0 Å². The quantitative estimate of drug-likeness (QED) is 0.549. The maximum absolute atomic E-state index is 10.9. The first-order chi connectivity index (χ1) is 5.24. The van der Waals surface area contributed by atoms with E-state index >= 15 is 0 Å². The Morgan fingerprint density at radius 3 is 3.00 bits per heavy atom. The molecule has 1 aliphatic heterocycles. The van der Waals surface area contributed by atoms with Gasteiger partial charge >= 0.3 is 6.09 Å². The van der Waals surface area contributed by atoms with Crippen molar-refractivity contribution >= 4 is 6.09 Å². The molecule has 0 aromatic heterocycles. The number of likely N-dealkylation sites (tertiary alicyclic amines) is 1. The minimum absolute atomic E-state index is 0.344. The number of carbonyl (C=O) groups excluding carboxylic acids is 1. The van der Waals surface area contributed by atoms with Crippen molar-refractivity contribution in [1.29, 1.82) is 0 Å². The SMILES string of the molecule is COC(=O)N1CCC[C@@H](O)C1. The summed E-state index contributed by atoms with van der Waals surface area (Å²) in [4.78, 5) is 12.4. The van der Waals surface area contributed by atoms with Crippen LogP contribution in [0.4, 0.5) is 4.79 Å². The summed E-state index contributed by atoms with van der Waals surface area (Å²) in [6.45, 7) is 1.11. The van der Waals surface area contributed by atoms with Crippen LogP contribution in [0.1, 0.15) is 12.8 Å². The fraction of sp³-hybridized carbons (Fsp3) is 0.857. The summed E-state index contributed by atoms with van der Waals surface area (Å²) in [6.07, 6.45) is 0.927. The number of aliphatic hydroxyl groups is 1. The first-order valence-corrected chi connectivity index (χ1v) is 3.75. The van der Waals surface area contributed by atoms with Crippen LogP contribution in [0.5, 0.6) is 0 Å². The van der Waals surface area contributed by atoms with Gasteiger partial charge in [-0.1, -0.05) is 0 Å². The predicted octanol–water partition coefficient (Wildman–Crippen LogP) is 0.209. The molecule has 0 aliphatic carbocycles. The average molecular weight is 159 g/mol. The average Bonchev–Trinajstić information content (AvgIpc) is 2.03. The summed E-state index contributed by atoms with van der Waals surface area (Å²) < 4.78 is 4.51. The van der Waals surface area contributed by atoms with Gasteiger partial charge in [0.15, 0.2) is 0 Å². The van der Waals surface area contributed by atoms with E-state index in [0.29, 0.717) is 13.1 Å². The monoisotopic (exact) mass is 159 g/mol. The Morgan fingerprint density at radius 2 is 2.45 bits per heavy atom. The number of hydrogen-bond acceptors (Lipinski definition) is 3. The van der Waals surface area contributed by atoms with E-state index in [0.717, 1.165) is 12.8 Å². The lowest BCUT2D eigenvalue weighted by Crippen LogP contribution is -2.42. The summed E-state index contributed by atoms with van der Waals surface area (Å²) in [5.74, 6) is 0. The van der Waals surface area contributed by atoms with Crippen LogP contribution in [-0.2, 0) is 4.74 Å². The number of rotatable bonds is 0. The van der Waals surface area contributed by atoms with Gasteiger partial charge in [-0.25, -0.2) is 4.79 Å². The third-order valence-corrected chi connectivity index (χ3v) is 1.83. The van der Waals surface area contributed by atoms with Crippen LogP contribution in [0.15, 0.2) is 0 Å². The molecule has 1 amide bonds. The summed E-state index contributed by atoms with van der Waals surface area (Å²) >= 11 is 0. The number of hydrogen-bond donors (Lipinski definition) is 1. The van der Waals surface area contributed by atoms with Gasteiger partial charge in [0.1, 0.15) is 0 Å². The normalized spacial score (nSPS) is 24.9. The van der Waals surface area contributed by atoms with Crippen LogP contribution in [0.2, 0.25) is 0 Å². The Hall–Kier alpha value is -0.770. The molecule has 0 spiro atoms. The molecular weight excluding hydrogens is 146 g/mol. The standard InChI is InChI=1S/C7H13NO3/c1-11-7(10)8-4-2-3-6(9)5-8/h6,9H,2-5H2,1H3/t6-/m1/s1. The number of amides is 1. The van der Waals surface area contributed by atoms with Crippen LogP contribution in [0.3, 0.4) is 0 Å².